The Labute approximate surface area is 111 Å². The van der Waals surface area contributed by atoms with Crippen LogP contribution in [0, 0.1) is 5.92 Å². The summed E-state index contributed by atoms with van der Waals surface area (Å²) in [5.41, 5.74) is 0. The molecular weight excluding hydrogens is 226 g/mol. The zero-order valence-corrected chi connectivity index (χ0v) is 12.4. The predicted octanol–water partition coefficient (Wildman–Crippen LogP) is 4.49. The lowest BCUT2D eigenvalue weighted by Gasteiger charge is -2.16. The highest BCUT2D eigenvalue weighted by Gasteiger charge is 2.06. The van der Waals surface area contributed by atoms with E-state index in [-0.39, 0.29) is 0 Å². The Kier molecular flexibility index (Phi) is 7.54. The predicted molar refractivity (Wildman–Crippen MR) is 78.8 cm³/mol. The van der Waals surface area contributed by atoms with Crippen molar-refractivity contribution in [2.45, 2.75) is 58.4 Å². The lowest BCUT2D eigenvalue weighted by Crippen LogP contribution is -2.25. The van der Waals surface area contributed by atoms with Crippen LogP contribution in [0.1, 0.15) is 50.8 Å². The van der Waals surface area contributed by atoms with Crippen LogP contribution >= 0.6 is 11.3 Å². The van der Waals surface area contributed by atoms with E-state index in [1.807, 2.05) is 11.3 Å². The molecule has 0 fully saturated rings. The standard InChI is InChI=1S/C15H27NS/c1-13(2)7-4-8-14(16-3)9-5-10-15-11-6-12-17-15/h6,11-14,16H,4-5,7-10H2,1-3H3. The molecule has 1 atom stereocenters. The van der Waals surface area contributed by atoms with E-state index in [4.69, 9.17) is 0 Å². The van der Waals surface area contributed by atoms with Gasteiger partial charge in [-0.15, -0.1) is 11.3 Å². The van der Waals surface area contributed by atoms with E-state index in [0.29, 0.717) is 6.04 Å². The summed E-state index contributed by atoms with van der Waals surface area (Å²) in [6.45, 7) is 4.62. The third-order valence-electron chi connectivity index (χ3n) is 3.30. The lowest BCUT2D eigenvalue weighted by atomic mass is 9.99. The summed E-state index contributed by atoms with van der Waals surface area (Å²) >= 11 is 1.88. The first kappa shape index (κ1) is 14.7. The first-order valence-electron chi connectivity index (χ1n) is 6.92. The van der Waals surface area contributed by atoms with Crippen molar-refractivity contribution in [1.29, 1.82) is 0 Å². The molecule has 1 unspecified atom stereocenters. The van der Waals surface area contributed by atoms with Crippen LogP contribution in [0.15, 0.2) is 17.5 Å². The molecule has 0 amide bonds. The van der Waals surface area contributed by atoms with E-state index in [1.54, 1.807) is 0 Å². The van der Waals surface area contributed by atoms with E-state index < -0.39 is 0 Å². The van der Waals surface area contributed by atoms with E-state index in [9.17, 15) is 0 Å². The van der Waals surface area contributed by atoms with Gasteiger partial charge < -0.3 is 5.32 Å². The molecule has 1 nitrogen and oxygen atoms in total. The van der Waals surface area contributed by atoms with Crippen LogP contribution in [0.25, 0.3) is 0 Å². The van der Waals surface area contributed by atoms with Crippen molar-refractivity contribution in [3.8, 4) is 0 Å². The van der Waals surface area contributed by atoms with Crippen LogP contribution in [-0.2, 0) is 6.42 Å². The van der Waals surface area contributed by atoms with E-state index in [1.165, 1.54) is 43.4 Å². The summed E-state index contributed by atoms with van der Waals surface area (Å²) in [5, 5.41) is 5.63. The minimum atomic E-state index is 0.716. The van der Waals surface area contributed by atoms with Crippen molar-refractivity contribution in [2.75, 3.05) is 7.05 Å². The van der Waals surface area contributed by atoms with Crippen molar-refractivity contribution in [2.24, 2.45) is 5.92 Å². The van der Waals surface area contributed by atoms with Crippen LogP contribution in [0.2, 0.25) is 0 Å². The Hall–Kier alpha value is -0.340. The molecule has 0 aromatic carbocycles. The summed E-state index contributed by atoms with van der Waals surface area (Å²) < 4.78 is 0. The maximum atomic E-state index is 3.46. The number of thiophene rings is 1. The third kappa shape index (κ3) is 6.85. The average molecular weight is 253 g/mol. The lowest BCUT2D eigenvalue weighted by molar-refractivity contribution is 0.432. The summed E-state index contributed by atoms with van der Waals surface area (Å²) in [7, 11) is 2.10. The molecule has 1 rings (SSSR count). The highest BCUT2D eigenvalue weighted by molar-refractivity contribution is 7.09. The van der Waals surface area contributed by atoms with Gasteiger partial charge in [0.25, 0.3) is 0 Å². The quantitative estimate of drug-likeness (QED) is 0.684. The molecule has 0 bridgehead atoms. The fourth-order valence-corrected chi connectivity index (χ4v) is 2.93. The molecule has 1 heterocycles. The SMILES string of the molecule is CNC(CCCc1cccs1)CCCC(C)C. The van der Waals surface area contributed by atoms with Gasteiger partial charge in [0.2, 0.25) is 0 Å². The molecule has 0 saturated carbocycles. The number of hydrogen-bond acceptors (Lipinski definition) is 2. The Bertz CT molecular complexity index is 266. The Morgan fingerprint density at radius 2 is 1.94 bits per heavy atom. The van der Waals surface area contributed by atoms with Crippen LogP contribution in [0.4, 0.5) is 0 Å². The van der Waals surface area contributed by atoms with Crippen LogP contribution < -0.4 is 5.32 Å². The van der Waals surface area contributed by atoms with Gasteiger partial charge in [-0.1, -0.05) is 32.8 Å². The van der Waals surface area contributed by atoms with E-state index in [2.05, 4.69) is 43.7 Å². The smallest absolute Gasteiger partial charge is 0.00641 e. The highest BCUT2D eigenvalue weighted by atomic mass is 32.1. The molecule has 0 aliphatic rings. The second-order valence-electron chi connectivity index (χ2n) is 5.28. The van der Waals surface area contributed by atoms with Gasteiger partial charge in [-0.25, -0.2) is 0 Å². The van der Waals surface area contributed by atoms with Gasteiger partial charge in [-0.05, 0) is 50.1 Å². The molecule has 0 spiro atoms. The summed E-state index contributed by atoms with van der Waals surface area (Å²) in [5.74, 6) is 0.846. The Morgan fingerprint density at radius 1 is 1.18 bits per heavy atom. The molecule has 1 aromatic rings. The van der Waals surface area contributed by atoms with Crippen LogP contribution in [-0.4, -0.2) is 13.1 Å². The van der Waals surface area contributed by atoms with Gasteiger partial charge in [-0.2, -0.15) is 0 Å². The average Bonchev–Trinajstić information content (AvgIpc) is 2.79. The zero-order chi connectivity index (χ0) is 12.5. The minimum absolute atomic E-state index is 0.716. The first-order chi connectivity index (χ1) is 8.22. The molecule has 2 heteroatoms. The van der Waals surface area contributed by atoms with Gasteiger partial charge >= 0.3 is 0 Å². The summed E-state index contributed by atoms with van der Waals surface area (Å²) in [4.78, 5) is 1.53. The Morgan fingerprint density at radius 3 is 2.53 bits per heavy atom. The Balaban J connectivity index is 2.09. The second kappa shape index (κ2) is 8.71. The normalized spacial score (nSPS) is 13.2. The molecule has 0 radical (unpaired) electrons. The van der Waals surface area contributed by atoms with E-state index >= 15 is 0 Å². The summed E-state index contributed by atoms with van der Waals surface area (Å²) in [6, 6.07) is 5.12. The van der Waals surface area contributed by atoms with Crippen molar-refractivity contribution >= 4 is 11.3 Å². The van der Waals surface area contributed by atoms with Crippen molar-refractivity contribution < 1.29 is 0 Å². The van der Waals surface area contributed by atoms with Crippen LogP contribution in [0.3, 0.4) is 0 Å². The monoisotopic (exact) mass is 253 g/mol. The second-order valence-corrected chi connectivity index (χ2v) is 6.31. The van der Waals surface area contributed by atoms with Gasteiger partial charge in [0.1, 0.15) is 0 Å². The van der Waals surface area contributed by atoms with Crippen molar-refractivity contribution in [3.05, 3.63) is 22.4 Å². The molecule has 0 aliphatic heterocycles. The molecule has 98 valence electrons. The molecule has 1 aromatic heterocycles. The molecular formula is C15H27NS. The van der Waals surface area contributed by atoms with Gasteiger partial charge in [0.05, 0.1) is 0 Å². The maximum absolute atomic E-state index is 3.46. The van der Waals surface area contributed by atoms with Crippen molar-refractivity contribution in [1.82, 2.24) is 5.32 Å². The van der Waals surface area contributed by atoms with Crippen molar-refractivity contribution in [3.63, 3.8) is 0 Å². The third-order valence-corrected chi connectivity index (χ3v) is 4.23. The van der Waals surface area contributed by atoms with Gasteiger partial charge in [0, 0.05) is 10.9 Å². The topological polar surface area (TPSA) is 12.0 Å². The molecule has 17 heavy (non-hydrogen) atoms. The number of nitrogens with one attached hydrogen (secondary N) is 1. The summed E-state index contributed by atoms with van der Waals surface area (Å²) in [6.07, 6.45) is 7.94. The van der Waals surface area contributed by atoms with Crippen LogP contribution in [0.5, 0.6) is 0 Å². The number of hydrogen-bond donors (Lipinski definition) is 1. The molecule has 0 aliphatic carbocycles. The largest absolute Gasteiger partial charge is 0.317 e. The maximum Gasteiger partial charge on any atom is 0.00641 e. The molecule has 0 saturated heterocycles. The van der Waals surface area contributed by atoms with E-state index in [0.717, 1.165) is 5.92 Å². The fraction of sp³-hybridized carbons (Fsp3) is 0.733. The number of rotatable bonds is 9. The zero-order valence-electron chi connectivity index (χ0n) is 11.5. The first-order valence-corrected chi connectivity index (χ1v) is 7.80. The number of aryl methyl sites for hydroxylation is 1. The fourth-order valence-electron chi connectivity index (χ4n) is 2.18. The van der Waals surface area contributed by atoms with Gasteiger partial charge in [-0.3, -0.25) is 0 Å². The van der Waals surface area contributed by atoms with Gasteiger partial charge in [0.15, 0.2) is 0 Å². The minimum Gasteiger partial charge on any atom is -0.317 e. The highest BCUT2D eigenvalue weighted by Crippen LogP contribution is 2.15. The molecule has 1 N–H and O–H groups in total.